The molecule has 0 heterocycles. The van der Waals surface area contributed by atoms with Crippen LogP contribution in [0, 0.1) is 11.1 Å². The minimum Gasteiger partial charge on any atom is -1.00 e. The summed E-state index contributed by atoms with van der Waals surface area (Å²) in [6.45, 7) is 0. The zero-order valence-corrected chi connectivity index (χ0v) is 12.5. The molecule has 0 radical (unpaired) electrons. The molecule has 0 saturated heterocycles. The van der Waals surface area contributed by atoms with Crippen LogP contribution in [0.25, 0.3) is 0 Å². The number of hydrogen-bond donors (Lipinski definition) is 2. The van der Waals surface area contributed by atoms with Crippen molar-refractivity contribution < 1.29 is 59.2 Å². The summed E-state index contributed by atoms with van der Waals surface area (Å²) in [7, 11) is 0. The Bertz CT molecular complexity index is 324. The zero-order valence-electron chi connectivity index (χ0n) is 7.07. The molecule has 0 aromatic heterocycles. The van der Waals surface area contributed by atoms with Gasteiger partial charge in [0.05, 0.1) is 0 Å². The second-order valence-corrected chi connectivity index (χ2v) is 1.38. The second-order valence-electron chi connectivity index (χ2n) is 0.996. The standard InChI is InChI=1S/C3H3ClN6.6ClH/c4-3(8-10-6)1-2-7-9-5;;;;;;/h1,5-6H;6*1H/q+4;;;;;;/p-4. The van der Waals surface area contributed by atoms with Crippen LogP contribution < -0.4 is 59.5 Å². The van der Waals surface area contributed by atoms with Crippen molar-refractivity contribution in [1.29, 1.82) is 11.1 Å². The zero-order chi connectivity index (χ0) is 7.82. The first-order valence-electron chi connectivity index (χ1n) is 2.06. The molecule has 2 N–H and O–H groups in total. The Labute approximate surface area is 133 Å². The maximum Gasteiger partial charge on any atom is 0.527 e. The Balaban J connectivity index is -0.0000000270. The van der Waals surface area contributed by atoms with Crippen molar-refractivity contribution in [3.8, 4) is 0 Å². The van der Waals surface area contributed by atoms with Gasteiger partial charge in [0.25, 0.3) is 10.7 Å². The predicted octanol–water partition coefficient (Wildman–Crippen LogP) is -11.8. The number of rotatable bonds is 1. The van der Waals surface area contributed by atoms with E-state index in [1.807, 2.05) is 0 Å². The molecule has 16 heavy (non-hydrogen) atoms. The van der Waals surface area contributed by atoms with E-state index in [0.29, 0.717) is 0 Å². The maximum absolute atomic E-state index is 6.23. The van der Waals surface area contributed by atoms with E-state index in [9.17, 15) is 0 Å². The van der Waals surface area contributed by atoms with Crippen molar-refractivity contribution in [3.05, 3.63) is 6.08 Å². The van der Waals surface area contributed by atoms with Crippen LogP contribution in [0.2, 0.25) is 0 Å². The van der Waals surface area contributed by atoms with E-state index in [2.05, 4.69) is 25.3 Å². The first kappa shape index (κ1) is 44.5. The van der Waals surface area contributed by atoms with Crippen LogP contribution in [0.3, 0.4) is 0 Å². The highest BCUT2D eigenvalue weighted by atomic mass is 35.5. The predicted molar refractivity (Wildman–Crippen MR) is 45.2 cm³/mol. The summed E-state index contributed by atoms with van der Waals surface area (Å²) < 4.78 is 0. The molecule has 0 rings (SSSR count). The molecule has 0 spiro atoms. The summed E-state index contributed by atoms with van der Waals surface area (Å²) in [4.78, 5) is 11.3. The van der Waals surface area contributed by atoms with Crippen LogP contribution in [-0.4, -0.2) is 20.6 Å². The fourth-order valence-corrected chi connectivity index (χ4v) is 0.274. The third kappa shape index (κ3) is 37.0. The number of allylic oxidation sites excluding steroid dienone is 1. The van der Waals surface area contributed by atoms with E-state index in [-0.39, 0.29) is 79.6 Å². The van der Waals surface area contributed by atoms with Gasteiger partial charge in [-0.25, -0.2) is 0 Å². The van der Waals surface area contributed by atoms with Crippen LogP contribution in [0.15, 0.2) is 6.08 Å². The van der Waals surface area contributed by atoms with Crippen LogP contribution in [0.4, 0.5) is 0 Å². The summed E-state index contributed by atoms with van der Waals surface area (Å²) in [5.41, 5.74) is 12.4. The lowest BCUT2D eigenvalue weighted by molar-refractivity contribution is -0.102. The number of hydrogen-bond acceptors (Lipinski definition) is 2. The molecule has 0 aliphatic rings. The van der Waals surface area contributed by atoms with E-state index >= 15 is 0 Å². The SMILES string of the molecule is Cl.Cl.N=[N+]=[N+]=C=CC(Cl)=[N+]=[N+]=N.[Cl-].[Cl-].[Cl-].[Cl-]. The third-order valence-electron chi connectivity index (χ3n) is 0.437. The highest BCUT2D eigenvalue weighted by molar-refractivity contribution is 6.67. The molecule has 0 amide bonds. The molecule has 0 unspecified atom stereocenters. The van der Waals surface area contributed by atoms with Crippen molar-refractivity contribution in [2.75, 3.05) is 0 Å². The molecule has 0 aliphatic carbocycles. The van der Waals surface area contributed by atoms with E-state index < -0.39 is 0 Å². The van der Waals surface area contributed by atoms with Crippen LogP contribution in [0.5, 0.6) is 0 Å². The lowest BCUT2D eigenvalue weighted by Gasteiger charge is -1.46. The summed E-state index contributed by atoms with van der Waals surface area (Å²) >= 11 is 5.27. The fourth-order valence-electron chi connectivity index (χ4n) is 0.188. The van der Waals surface area contributed by atoms with Crippen molar-refractivity contribution in [2.45, 2.75) is 0 Å². The molecule has 0 aliphatic heterocycles. The molecule has 6 nitrogen and oxygen atoms in total. The van der Waals surface area contributed by atoms with E-state index in [0.717, 1.165) is 6.08 Å². The molecule has 13 heteroatoms. The Morgan fingerprint density at radius 1 is 1.00 bits per heavy atom. The Hall–Kier alpha value is -0.01000. The molecular formula is C3H5Cl7N6. The van der Waals surface area contributed by atoms with Gasteiger partial charge in [-0.15, -0.1) is 24.8 Å². The normalized spacial score (nSPS) is 3.31. The summed E-state index contributed by atoms with van der Waals surface area (Å²) in [5.74, 6) is 2.16. The average Bonchev–Trinajstić information content (AvgIpc) is 1.89. The average molecular weight is 373 g/mol. The fraction of sp³-hybridized carbons (Fsp3) is 0. The Morgan fingerprint density at radius 2 is 1.44 bits per heavy atom. The van der Waals surface area contributed by atoms with Crippen molar-refractivity contribution >= 4 is 47.5 Å². The monoisotopic (exact) mass is 370 g/mol. The number of halogens is 7. The quantitative estimate of drug-likeness (QED) is 0.259. The van der Waals surface area contributed by atoms with E-state index in [1.165, 1.54) is 0 Å². The van der Waals surface area contributed by atoms with Crippen LogP contribution >= 0.6 is 36.4 Å². The molecule has 0 bridgehead atoms. The maximum atomic E-state index is 6.23. The summed E-state index contributed by atoms with van der Waals surface area (Å²) in [5, 5.41) is -0.0394. The molecule has 0 aromatic rings. The Morgan fingerprint density at radius 3 is 1.75 bits per heavy atom. The van der Waals surface area contributed by atoms with Gasteiger partial charge >= 0.3 is 26.1 Å². The lowest BCUT2D eigenvalue weighted by atomic mass is 10.7. The smallest absolute Gasteiger partial charge is 0.527 e. The Kier molecular flexibility index (Phi) is 101. The molecule has 0 saturated carbocycles. The number of nitrogens with zero attached hydrogens (tertiary/aromatic N) is 4. The molecule has 0 atom stereocenters. The number of nitrogens with one attached hydrogen (secondary N) is 2. The second kappa shape index (κ2) is 36.3. The van der Waals surface area contributed by atoms with Gasteiger partial charge in [0.15, 0.2) is 0 Å². The van der Waals surface area contributed by atoms with Gasteiger partial charge in [-0.05, 0) is 11.6 Å². The van der Waals surface area contributed by atoms with Gasteiger partial charge < -0.3 is 49.6 Å². The van der Waals surface area contributed by atoms with Crippen molar-refractivity contribution in [3.63, 3.8) is 0 Å². The first-order chi connectivity index (χ1) is 4.81. The van der Waals surface area contributed by atoms with Gasteiger partial charge in [0.1, 0.15) is 6.08 Å². The minimum atomic E-state index is -0.0394. The molecule has 96 valence electrons. The lowest BCUT2D eigenvalue weighted by Crippen LogP contribution is -3.00. The summed E-state index contributed by atoms with van der Waals surface area (Å²) in [6.07, 6.45) is 1.14. The summed E-state index contributed by atoms with van der Waals surface area (Å²) in [6, 6.07) is 0. The van der Waals surface area contributed by atoms with E-state index in [1.54, 1.807) is 0 Å². The van der Waals surface area contributed by atoms with E-state index in [4.69, 9.17) is 22.7 Å². The van der Waals surface area contributed by atoms with Gasteiger partial charge in [-0.2, -0.15) is 0 Å². The van der Waals surface area contributed by atoms with Gasteiger partial charge in [-0.3, -0.25) is 0 Å². The van der Waals surface area contributed by atoms with Gasteiger partial charge in [0, 0.05) is 0 Å². The van der Waals surface area contributed by atoms with Crippen molar-refractivity contribution in [1.82, 2.24) is 9.82 Å². The molecule has 0 fully saturated rings. The molecule has 0 aromatic carbocycles. The van der Waals surface area contributed by atoms with Gasteiger partial charge in [0.2, 0.25) is 4.79 Å². The van der Waals surface area contributed by atoms with Crippen molar-refractivity contribution in [2.24, 2.45) is 0 Å². The van der Waals surface area contributed by atoms with Crippen LogP contribution in [0.1, 0.15) is 0 Å². The minimum absolute atomic E-state index is 0. The largest absolute Gasteiger partial charge is 1.00 e. The highest BCUT2D eigenvalue weighted by Gasteiger charge is 1.98. The third-order valence-corrected chi connectivity index (χ3v) is 0.622. The van der Waals surface area contributed by atoms with Gasteiger partial charge in [-0.1, -0.05) is 0 Å². The topological polar surface area (TPSA) is 104 Å². The first-order valence-corrected chi connectivity index (χ1v) is 2.44. The van der Waals surface area contributed by atoms with Crippen LogP contribution in [-0.2, 0) is 0 Å². The molecular weight excluding hydrogens is 368 g/mol. The highest BCUT2D eigenvalue weighted by Crippen LogP contribution is 1.73.